The normalized spacial score (nSPS) is 11.4. The summed E-state index contributed by atoms with van der Waals surface area (Å²) in [4.78, 5) is 4.19. The molecule has 0 saturated carbocycles. The molecule has 0 atom stereocenters. The molecule has 3 heteroatoms. The van der Waals surface area contributed by atoms with Gasteiger partial charge in [-0.2, -0.15) is 0 Å². The van der Waals surface area contributed by atoms with Crippen LogP contribution in [-0.2, 0) is 12.0 Å². The summed E-state index contributed by atoms with van der Waals surface area (Å²) in [6.45, 7) is 7.39. The maximum absolute atomic E-state index is 5.84. The number of aromatic nitrogens is 1. The minimum absolute atomic E-state index is 0.160. The first kappa shape index (κ1) is 14.5. The lowest BCUT2D eigenvalue weighted by atomic mass is 9.87. The molecule has 1 aromatic carbocycles. The van der Waals surface area contributed by atoms with E-state index in [-0.39, 0.29) is 5.41 Å². The van der Waals surface area contributed by atoms with Crippen LogP contribution in [0, 0.1) is 0 Å². The van der Waals surface area contributed by atoms with Gasteiger partial charge in [-0.25, -0.2) is 0 Å². The fourth-order valence-corrected chi connectivity index (χ4v) is 1.98. The van der Waals surface area contributed by atoms with E-state index in [9.17, 15) is 0 Å². The fourth-order valence-electron chi connectivity index (χ4n) is 1.98. The maximum Gasteiger partial charge on any atom is 0.146 e. The number of nitrogens with zero attached hydrogens (tertiary/aromatic N) is 1. The Balaban J connectivity index is 2.12. The summed E-state index contributed by atoms with van der Waals surface area (Å²) in [5.74, 6) is 1.60. The van der Waals surface area contributed by atoms with Gasteiger partial charge in [-0.1, -0.05) is 32.9 Å². The molecule has 0 aliphatic carbocycles. The fraction of sp³-hybridized carbons (Fsp3) is 0.353. The molecule has 2 rings (SSSR count). The van der Waals surface area contributed by atoms with Crippen LogP contribution < -0.4 is 10.1 Å². The summed E-state index contributed by atoms with van der Waals surface area (Å²) in [7, 11) is 1.92. The number of rotatable bonds is 4. The van der Waals surface area contributed by atoms with Gasteiger partial charge in [0.1, 0.15) is 11.5 Å². The van der Waals surface area contributed by atoms with E-state index in [0.717, 1.165) is 23.6 Å². The summed E-state index contributed by atoms with van der Waals surface area (Å²) in [5, 5.41) is 3.10. The predicted molar refractivity (Wildman–Crippen MR) is 82.2 cm³/mol. The van der Waals surface area contributed by atoms with Crippen LogP contribution in [0.3, 0.4) is 0 Å². The van der Waals surface area contributed by atoms with E-state index in [1.165, 1.54) is 5.56 Å². The zero-order valence-electron chi connectivity index (χ0n) is 12.6. The summed E-state index contributed by atoms with van der Waals surface area (Å²) in [6.07, 6.45) is 3.57. The second kappa shape index (κ2) is 6.06. The van der Waals surface area contributed by atoms with Crippen LogP contribution >= 0.6 is 0 Å². The van der Waals surface area contributed by atoms with Crippen LogP contribution in [0.1, 0.15) is 31.9 Å². The molecule has 1 N–H and O–H groups in total. The largest absolute Gasteiger partial charge is 0.456 e. The molecule has 1 aromatic heterocycles. The third kappa shape index (κ3) is 3.81. The van der Waals surface area contributed by atoms with Crippen molar-refractivity contribution >= 4 is 0 Å². The molecule has 0 aliphatic rings. The first-order valence-corrected chi connectivity index (χ1v) is 6.86. The molecule has 0 aliphatic heterocycles. The van der Waals surface area contributed by atoms with Gasteiger partial charge in [0.2, 0.25) is 0 Å². The number of benzene rings is 1. The average Bonchev–Trinajstić information content (AvgIpc) is 2.39. The predicted octanol–water partition coefficient (Wildman–Crippen LogP) is 3.89. The summed E-state index contributed by atoms with van der Waals surface area (Å²) < 4.78 is 5.84. The first-order valence-electron chi connectivity index (χ1n) is 6.86. The van der Waals surface area contributed by atoms with Crippen molar-refractivity contribution in [2.75, 3.05) is 7.05 Å². The van der Waals surface area contributed by atoms with Crippen LogP contribution in [0.15, 0.2) is 42.7 Å². The molecule has 0 radical (unpaired) electrons. The number of hydrogen-bond donors (Lipinski definition) is 1. The lowest BCUT2D eigenvalue weighted by molar-refractivity contribution is 0.478. The Bertz CT molecular complexity index is 556. The van der Waals surface area contributed by atoms with Gasteiger partial charge in [0.05, 0.1) is 6.20 Å². The topological polar surface area (TPSA) is 34.2 Å². The average molecular weight is 270 g/mol. The van der Waals surface area contributed by atoms with Gasteiger partial charge < -0.3 is 10.1 Å². The molecule has 20 heavy (non-hydrogen) atoms. The van der Waals surface area contributed by atoms with Crippen molar-refractivity contribution in [3.8, 4) is 11.5 Å². The molecule has 0 spiro atoms. The Kier molecular flexibility index (Phi) is 4.40. The monoisotopic (exact) mass is 270 g/mol. The van der Waals surface area contributed by atoms with E-state index < -0.39 is 0 Å². The van der Waals surface area contributed by atoms with Crippen LogP contribution in [0.4, 0.5) is 0 Å². The molecule has 2 aromatic rings. The molecular formula is C17H22N2O. The third-order valence-electron chi connectivity index (χ3n) is 3.11. The van der Waals surface area contributed by atoms with E-state index in [1.54, 1.807) is 6.20 Å². The highest BCUT2D eigenvalue weighted by Gasteiger charge is 2.13. The van der Waals surface area contributed by atoms with E-state index in [2.05, 4.69) is 43.2 Å². The minimum Gasteiger partial charge on any atom is -0.456 e. The highest BCUT2D eigenvalue weighted by atomic mass is 16.5. The van der Waals surface area contributed by atoms with Gasteiger partial charge >= 0.3 is 0 Å². The molecule has 3 nitrogen and oxygen atoms in total. The molecule has 0 amide bonds. The van der Waals surface area contributed by atoms with Crippen LogP contribution in [0.5, 0.6) is 11.5 Å². The van der Waals surface area contributed by atoms with Crippen LogP contribution in [-0.4, -0.2) is 12.0 Å². The SMILES string of the molecule is CNCc1cncc(Oc2ccc(C(C)(C)C)cc2)c1. The summed E-state index contributed by atoms with van der Waals surface area (Å²) in [6, 6.07) is 10.2. The molecule has 0 bridgehead atoms. The number of nitrogens with one attached hydrogen (secondary N) is 1. The van der Waals surface area contributed by atoms with Gasteiger partial charge in [0, 0.05) is 12.7 Å². The standard InChI is InChI=1S/C17H22N2O/c1-17(2,3)14-5-7-15(8-6-14)20-16-9-13(10-18-4)11-19-12-16/h5-9,11-12,18H,10H2,1-4H3. The molecule has 1 heterocycles. The minimum atomic E-state index is 0.160. The Morgan fingerprint density at radius 3 is 2.35 bits per heavy atom. The Hall–Kier alpha value is -1.87. The molecule has 106 valence electrons. The Morgan fingerprint density at radius 1 is 1.05 bits per heavy atom. The quantitative estimate of drug-likeness (QED) is 0.915. The second-order valence-electron chi connectivity index (χ2n) is 5.94. The number of hydrogen-bond acceptors (Lipinski definition) is 3. The highest BCUT2D eigenvalue weighted by molar-refractivity contribution is 5.35. The lowest BCUT2D eigenvalue weighted by Gasteiger charge is -2.19. The van der Waals surface area contributed by atoms with Gasteiger partial charge in [0.15, 0.2) is 0 Å². The van der Waals surface area contributed by atoms with Crippen molar-refractivity contribution in [2.45, 2.75) is 32.7 Å². The van der Waals surface area contributed by atoms with Gasteiger partial charge in [-0.15, -0.1) is 0 Å². The van der Waals surface area contributed by atoms with Crippen molar-refractivity contribution in [1.82, 2.24) is 10.3 Å². The highest BCUT2D eigenvalue weighted by Crippen LogP contribution is 2.26. The summed E-state index contributed by atoms with van der Waals surface area (Å²) >= 11 is 0. The molecular weight excluding hydrogens is 248 g/mol. The van der Waals surface area contributed by atoms with Gasteiger partial charge in [-0.3, -0.25) is 4.98 Å². The van der Waals surface area contributed by atoms with E-state index in [0.29, 0.717) is 0 Å². The Morgan fingerprint density at radius 2 is 1.75 bits per heavy atom. The third-order valence-corrected chi connectivity index (χ3v) is 3.11. The number of pyridine rings is 1. The van der Waals surface area contributed by atoms with Crippen molar-refractivity contribution in [3.05, 3.63) is 53.9 Å². The van der Waals surface area contributed by atoms with E-state index >= 15 is 0 Å². The van der Waals surface area contributed by atoms with Gasteiger partial charge in [-0.05, 0) is 41.8 Å². The zero-order valence-corrected chi connectivity index (χ0v) is 12.6. The van der Waals surface area contributed by atoms with Crippen molar-refractivity contribution in [1.29, 1.82) is 0 Å². The van der Waals surface area contributed by atoms with Crippen molar-refractivity contribution in [3.63, 3.8) is 0 Å². The van der Waals surface area contributed by atoms with Gasteiger partial charge in [0.25, 0.3) is 0 Å². The zero-order chi connectivity index (χ0) is 14.6. The first-order chi connectivity index (χ1) is 9.49. The van der Waals surface area contributed by atoms with Crippen molar-refractivity contribution < 1.29 is 4.74 Å². The lowest BCUT2D eigenvalue weighted by Crippen LogP contribution is -2.10. The molecule has 0 fully saturated rings. The van der Waals surface area contributed by atoms with E-state index in [1.807, 2.05) is 31.4 Å². The maximum atomic E-state index is 5.84. The molecule has 0 unspecified atom stereocenters. The van der Waals surface area contributed by atoms with Crippen LogP contribution in [0.2, 0.25) is 0 Å². The molecule has 0 saturated heterocycles. The van der Waals surface area contributed by atoms with Crippen molar-refractivity contribution in [2.24, 2.45) is 0 Å². The Labute approximate surface area is 121 Å². The second-order valence-corrected chi connectivity index (χ2v) is 5.94. The summed E-state index contributed by atoms with van der Waals surface area (Å²) in [5.41, 5.74) is 2.57. The van der Waals surface area contributed by atoms with Crippen LogP contribution in [0.25, 0.3) is 0 Å². The van der Waals surface area contributed by atoms with E-state index in [4.69, 9.17) is 4.74 Å². The smallest absolute Gasteiger partial charge is 0.146 e. The number of ether oxygens (including phenoxy) is 1.